The van der Waals surface area contributed by atoms with Gasteiger partial charge in [0, 0.05) is 5.56 Å². The second kappa shape index (κ2) is 8.50. The molecule has 0 saturated heterocycles. The van der Waals surface area contributed by atoms with Gasteiger partial charge in [0.25, 0.3) is 5.91 Å². The van der Waals surface area contributed by atoms with Crippen LogP contribution in [0.1, 0.15) is 36.7 Å². The zero-order valence-electron chi connectivity index (χ0n) is 14.5. The van der Waals surface area contributed by atoms with Crippen LogP contribution >= 0.6 is 0 Å². The molecule has 0 aromatic heterocycles. The Bertz CT molecular complexity index is 653. The first-order chi connectivity index (χ1) is 11.5. The van der Waals surface area contributed by atoms with E-state index in [4.69, 9.17) is 9.47 Å². The highest BCUT2D eigenvalue weighted by atomic mass is 16.5. The summed E-state index contributed by atoms with van der Waals surface area (Å²) in [5.74, 6) is 0.563. The minimum Gasteiger partial charge on any atom is -0.494 e. The first-order valence-corrected chi connectivity index (χ1v) is 8.17. The standard InChI is InChI=1S/C20H25NO3/c1-4-24-18-12-8-11-17(13-18)19(22)21-20(2,3)15-23-14-16-9-6-5-7-10-16/h5-13H,4,14-15H2,1-3H3,(H,21,22). The fourth-order valence-electron chi connectivity index (χ4n) is 2.31. The van der Waals surface area contributed by atoms with Crippen LogP contribution in [0.3, 0.4) is 0 Å². The Morgan fingerprint density at radius 2 is 1.83 bits per heavy atom. The number of carbonyl (C=O) groups is 1. The molecule has 4 heteroatoms. The lowest BCUT2D eigenvalue weighted by atomic mass is 10.1. The maximum absolute atomic E-state index is 12.4. The van der Waals surface area contributed by atoms with E-state index in [1.807, 2.05) is 63.2 Å². The third kappa shape index (κ3) is 5.70. The predicted octanol–water partition coefficient (Wildman–Crippen LogP) is 3.81. The molecule has 0 aliphatic heterocycles. The monoisotopic (exact) mass is 327 g/mol. The summed E-state index contributed by atoms with van der Waals surface area (Å²) in [6.45, 7) is 7.34. The fraction of sp³-hybridized carbons (Fsp3) is 0.350. The van der Waals surface area contributed by atoms with Gasteiger partial charge in [-0.05, 0) is 44.5 Å². The predicted molar refractivity (Wildman–Crippen MR) is 95.3 cm³/mol. The molecule has 0 aliphatic carbocycles. The molecule has 128 valence electrons. The van der Waals surface area contributed by atoms with Crippen LogP contribution in [0.4, 0.5) is 0 Å². The van der Waals surface area contributed by atoms with Gasteiger partial charge in [0.2, 0.25) is 0 Å². The molecule has 24 heavy (non-hydrogen) atoms. The van der Waals surface area contributed by atoms with Gasteiger partial charge < -0.3 is 14.8 Å². The van der Waals surface area contributed by atoms with Crippen LogP contribution in [0.5, 0.6) is 5.75 Å². The molecule has 4 nitrogen and oxygen atoms in total. The lowest BCUT2D eigenvalue weighted by Crippen LogP contribution is -2.47. The van der Waals surface area contributed by atoms with Gasteiger partial charge in [0.15, 0.2) is 0 Å². The molecule has 0 spiro atoms. The summed E-state index contributed by atoms with van der Waals surface area (Å²) in [6, 6.07) is 17.2. The zero-order valence-corrected chi connectivity index (χ0v) is 14.5. The number of hydrogen-bond acceptors (Lipinski definition) is 3. The highest BCUT2D eigenvalue weighted by Crippen LogP contribution is 2.15. The average molecular weight is 327 g/mol. The minimum atomic E-state index is -0.465. The largest absolute Gasteiger partial charge is 0.494 e. The first-order valence-electron chi connectivity index (χ1n) is 8.17. The summed E-state index contributed by atoms with van der Waals surface area (Å²) in [6.07, 6.45) is 0. The third-order valence-electron chi connectivity index (χ3n) is 3.43. The Morgan fingerprint density at radius 1 is 1.08 bits per heavy atom. The van der Waals surface area contributed by atoms with Gasteiger partial charge in [0.1, 0.15) is 5.75 Å². The van der Waals surface area contributed by atoms with E-state index in [-0.39, 0.29) is 5.91 Å². The lowest BCUT2D eigenvalue weighted by molar-refractivity contribution is 0.0616. The summed E-state index contributed by atoms with van der Waals surface area (Å²) >= 11 is 0. The molecule has 0 fully saturated rings. The summed E-state index contributed by atoms with van der Waals surface area (Å²) < 4.78 is 11.2. The van der Waals surface area contributed by atoms with E-state index in [9.17, 15) is 4.79 Å². The van der Waals surface area contributed by atoms with Crippen LogP contribution in [-0.4, -0.2) is 24.7 Å². The van der Waals surface area contributed by atoms with Gasteiger partial charge in [0.05, 0.1) is 25.4 Å². The van der Waals surface area contributed by atoms with Gasteiger partial charge in [-0.25, -0.2) is 0 Å². The molecule has 0 aliphatic rings. The van der Waals surface area contributed by atoms with Crippen molar-refractivity contribution >= 4 is 5.91 Å². The van der Waals surface area contributed by atoms with Gasteiger partial charge in [-0.1, -0.05) is 36.4 Å². The molecular weight excluding hydrogens is 302 g/mol. The van der Waals surface area contributed by atoms with Crippen LogP contribution in [-0.2, 0) is 11.3 Å². The van der Waals surface area contributed by atoms with Crippen LogP contribution in [0.15, 0.2) is 54.6 Å². The Morgan fingerprint density at radius 3 is 2.54 bits per heavy atom. The van der Waals surface area contributed by atoms with Gasteiger partial charge in [-0.15, -0.1) is 0 Å². The van der Waals surface area contributed by atoms with Crippen LogP contribution in [0.2, 0.25) is 0 Å². The van der Waals surface area contributed by atoms with Crippen molar-refractivity contribution < 1.29 is 14.3 Å². The van der Waals surface area contributed by atoms with E-state index in [2.05, 4.69) is 5.32 Å². The molecule has 0 atom stereocenters. The number of hydrogen-bond donors (Lipinski definition) is 1. The Labute approximate surface area is 143 Å². The molecule has 0 radical (unpaired) electrons. The molecule has 1 amide bonds. The van der Waals surface area contributed by atoms with Crippen LogP contribution in [0.25, 0.3) is 0 Å². The molecule has 2 aromatic carbocycles. The van der Waals surface area contributed by atoms with Crippen molar-refractivity contribution in [3.8, 4) is 5.75 Å². The fourth-order valence-corrected chi connectivity index (χ4v) is 2.31. The summed E-state index contributed by atoms with van der Waals surface area (Å²) in [5, 5.41) is 3.01. The Kier molecular flexibility index (Phi) is 6.38. The zero-order chi connectivity index (χ0) is 17.4. The van der Waals surface area contributed by atoms with Crippen molar-refractivity contribution in [3.05, 3.63) is 65.7 Å². The van der Waals surface area contributed by atoms with Gasteiger partial charge in [-0.2, -0.15) is 0 Å². The average Bonchev–Trinajstić information content (AvgIpc) is 2.56. The molecule has 0 saturated carbocycles. The smallest absolute Gasteiger partial charge is 0.251 e. The van der Waals surface area contributed by atoms with E-state index in [1.54, 1.807) is 12.1 Å². The van der Waals surface area contributed by atoms with E-state index >= 15 is 0 Å². The van der Waals surface area contributed by atoms with Crippen molar-refractivity contribution in [1.82, 2.24) is 5.32 Å². The van der Waals surface area contributed by atoms with Crippen molar-refractivity contribution in [2.24, 2.45) is 0 Å². The summed E-state index contributed by atoms with van der Waals surface area (Å²) in [5.41, 5.74) is 1.23. The van der Waals surface area contributed by atoms with E-state index in [1.165, 1.54) is 0 Å². The van der Waals surface area contributed by atoms with Crippen LogP contribution < -0.4 is 10.1 Å². The van der Waals surface area contributed by atoms with Crippen molar-refractivity contribution in [1.29, 1.82) is 0 Å². The maximum Gasteiger partial charge on any atom is 0.251 e. The normalized spacial score (nSPS) is 11.1. The van der Waals surface area contributed by atoms with E-state index < -0.39 is 5.54 Å². The van der Waals surface area contributed by atoms with Crippen molar-refractivity contribution in [2.75, 3.05) is 13.2 Å². The highest BCUT2D eigenvalue weighted by Gasteiger charge is 2.21. The maximum atomic E-state index is 12.4. The number of carbonyl (C=O) groups excluding carboxylic acids is 1. The molecule has 2 rings (SSSR count). The summed E-state index contributed by atoms with van der Waals surface area (Å²) in [4.78, 5) is 12.4. The quantitative estimate of drug-likeness (QED) is 0.802. The van der Waals surface area contributed by atoms with Crippen molar-refractivity contribution in [3.63, 3.8) is 0 Å². The number of amides is 1. The number of benzene rings is 2. The second-order valence-corrected chi connectivity index (χ2v) is 6.28. The van der Waals surface area contributed by atoms with E-state index in [0.29, 0.717) is 31.1 Å². The second-order valence-electron chi connectivity index (χ2n) is 6.28. The number of nitrogens with one attached hydrogen (secondary N) is 1. The molecule has 1 N–H and O–H groups in total. The number of rotatable bonds is 8. The Hall–Kier alpha value is -2.33. The third-order valence-corrected chi connectivity index (χ3v) is 3.43. The molecular formula is C20H25NO3. The topological polar surface area (TPSA) is 47.6 Å². The minimum absolute atomic E-state index is 0.134. The van der Waals surface area contributed by atoms with Gasteiger partial charge in [-0.3, -0.25) is 4.79 Å². The van der Waals surface area contributed by atoms with Crippen LogP contribution in [0, 0.1) is 0 Å². The Balaban J connectivity index is 1.88. The SMILES string of the molecule is CCOc1cccc(C(=O)NC(C)(C)COCc2ccccc2)c1. The van der Waals surface area contributed by atoms with Gasteiger partial charge >= 0.3 is 0 Å². The molecule has 0 unspecified atom stereocenters. The van der Waals surface area contributed by atoms with Crippen molar-refractivity contribution in [2.45, 2.75) is 32.9 Å². The molecule has 0 bridgehead atoms. The first kappa shape index (κ1) is 18.0. The summed E-state index contributed by atoms with van der Waals surface area (Å²) in [7, 11) is 0. The molecule has 0 heterocycles. The highest BCUT2D eigenvalue weighted by molar-refractivity contribution is 5.95. The molecule has 2 aromatic rings. The number of ether oxygens (including phenoxy) is 2. The lowest BCUT2D eigenvalue weighted by Gasteiger charge is -2.26. The van der Waals surface area contributed by atoms with E-state index in [0.717, 1.165) is 5.56 Å².